The fraction of sp³-hybridized carbons (Fsp3) is 0.167. The molecule has 0 aliphatic carbocycles. The molecule has 3 aromatic carbocycles. The summed E-state index contributed by atoms with van der Waals surface area (Å²) in [6.07, 6.45) is 0. The molecule has 1 atom stereocenters. The highest BCUT2D eigenvalue weighted by molar-refractivity contribution is 5.98. The minimum absolute atomic E-state index is 0.180. The van der Waals surface area contributed by atoms with Crippen LogP contribution in [0.5, 0.6) is 0 Å². The van der Waals surface area contributed by atoms with E-state index < -0.39 is 5.97 Å². The SMILES string of the molecule is C[C@H](CNC(=O)COC(=O)c1ccccc1-c1ccccc1)c1ccccc1. The van der Waals surface area contributed by atoms with E-state index in [4.69, 9.17) is 4.74 Å². The van der Waals surface area contributed by atoms with Crippen molar-refractivity contribution in [2.75, 3.05) is 13.2 Å². The van der Waals surface area contributed by atoms with Gasteiger partial charge in [0, 0.05) is 6.54 Å². The molecule has 0 saturated carbocycles. The van der Waals surface area contributed by atoms with Crippen LogP contribution in [-0.2, 0) is 9.53 Å². The zero-order chi connectivity index (χ0) is 19.8. The summed E-state index contributed by atoms with van der Waals surface area (Å²) in [4.78, 5) is 24.6. The molecule has 0 spiro atoms. The highest BCUT2D eigenvalue weighted by Crippen LogP contribution is 2.24. The Morgan fingerprint density at radius 1 is 0.857 bits per heavy atom. The molecule has 0 heterocycles. The van der Waals surface area contributed by atoms with Crippen LogP contribution in [0.4, 0.5) is 0 Å². The fourth-order valence-corrected chi connectivity index (χ4v) is 2.96. The largest absolute Gasteiger partial charge is 0.452 e. The van der Waals surface area contributed by atoms with Crippen LogP contribution in [0.2, 0.25) is 0 Å². The summed E-state index contributed by atoms with van der Waals surface area (Å²) in [6, 6.07) is 26.8. The zero-order valence-corrected chi connectivity index (χ0v) is 15.8. The van der Waals surface area contributed by atoms with Gasteiger partial charge in [0.25, 0.3) is 5.91 Å². The molecular weight excluding hydrogens is 350 g/mol. The fourth-order valence-electron chi connectivity index (χ4n) is 2.96. The number of rotatable bonds is 7. The van der Waals surface area contributed by atoms with E-state index in [1.165, 1.54) is 0 Å². The Balaban J connectivity index is 1.55. The smallest absolute Gasteiger partial charge is 0.339 e. The van der Waals surface area contributed by atoms with Crippen LogP contribution in [0.1, 0.15) is 28.8 Å². The van der Waals surface area contributed by atoms with E-state index in [-0.39, 0.29) is 18.4 Å². The molecular formula is C24H23NO3. The van der Waals surface area contributed by atoms with Crippen molar-refractivity contribution in [1.29, 1.82) is 0 Å². The first kappa shape index (κ1) is 19.4. The van der Waals surface area contributed by atoms with E-state index in [0.29, 0.717) is 12.1 Å². The monoisotopic (exact) mass is 373 g/mol. The maximum atomic E-state index is 12.5. The third kappa shape index (κ3) is 5.07. The van der Waals surface area contributed by atoms with Crippen molar-refractivity contribution in [3.8, 4) is 11.1 Å². The van der Waals surface area contributed by atoms with Gasteiger partial charge in [-0.1, -0.05) is 85.8 Å². The molecule has 0 saturated heterocycles. The number of benzene rings is 3. The zero-order valence-electron chi connectivity index (χ0n) is 15.8. The van der Waals surface area contributed by atoms with Crippen LogP contribution in [0, 0.1) is 0 Å². The van der Waals surface area contributed by atoms with Gasteiger partial charge in [0.05, 0.1) is 5.56 Å². The molecule has 142 valence electrons. The van der Waals surface area contributed by atoms with Gasteiger partial charge >= 0.3 is 5.97 Å². The molecule has 0 aliphatic rings. The Hall–Kier alpha value is -3.40. The highest BCUT2D eigenvalue weighted by Gasteiger charge is 2.15. The van der Waals surface area contributed by atoms with Crippen LogP contribution >= 0.6 is 0 Å². The summed E-state index contributed by atoms with van der Waals surface area (Å²) in [5.74, 6) is -0.640. The summed E-state index contributed by atoms with van der Waals surface area (Å²) < 4.78 is 5.24. The lowest BCUT2D eigenvalue weighted by atomic mass is 10.00. The standard InChI is InChI=1S/C24H23NO3/c1-18(19-10-4-2-5-11-19)16-25-23(26)17-28-24(27)22-15-9-8-14-21(22)20-12-6-3-7-13-20/h2-15,18H,16-17H2,1H3,(H,25,26)/t18-/m1/s1. The highest BCUT2D eigenvalue weighted by atomic mass is 16.5. The van der Waals surface area contributed by atoms with Gasteiger partial charge in [-0.3, -0.25) is 4.79 Å². The number of ether oxygens (including phenoxy) is 1. The average molecular weight is 373 g/mol. The Labute approximate surface area is 165 Å². The lowest BCUT2D eigenvalue weighted by Gasteiger charge is -2.13. The predicted molar refractivity (Wildman–Crippen MR) is 110 cm³/mol. The summed E-state index contributed by atoms with van der Waals surface area (Å²) >= 11 is 0. The predicted octanol–water partition coefficient (Wildman–Crippen LogP) is 4.43. The summed E-state index contributed by atoms with van der Waals surface area (Å²) in [5.41, 5.74) is 3.30. The topological polar surface area (TPSA) is 55.4 Å². The Morgan fingerprint density at radius 2 is 1.46 bits per heavy atom. The average Bonchev–Trinajstić information content (AvgIpc) is 2.77. The van der Waals surface area contributed by atoms with Gasteiger partial charge < -0.3 is 10.1 Å². The molecule has 1 amide bonds. The van der Waals surface area contributed by atoms with Crippen molar-refractivity contribution in [2.24, 2.45) is 0 Å². The maximum absolute atomic E-state index is 12.5. The van der Waals surface area contributed by atoms with Gasteiger partial charge in [-0.2, -0.15) is 0 Å². The minimum Gasteiger partial charge on any atom is -0.452 e. The van der Waals surface area contributed by atoms with Gasteiger partial charge in [0.15, 0.2) is 6.61 Å². The molecule has 3 aromatic rings. The Bertz CT molecular complexity index is 923. The maximum Gasteiger partial charge on any atom is 0.339 e. The van der Waals surface area contributed by atoms with Gasteiger partial charge in [-0.15, -0.1) is 0 Å². The van der Waals surface area contributed by atoms with Crippen LogP contribution in [0.3, 0.4) is 0 Å². The summed E-state index contributed by atoms with van der Waals surface area (Å²) in [6.45, 7) is 2.22. The molecule has 3 rings (SSSR count). The van der Waals surface area contributed by atoms with E-state index in [1.54, 1.807) is 12.1 Å². The molecule has 4 heteroatoms. The van der Waals surface area contributed by atoms with E-state index in [1.807, 2.05) is 79.7 Å². The lowest BCUT2D eigenvalue weighted by Crippen LogP contribution is -2.31. The first-order valence-electron chi connectivity index (χ1n) is 9.28. The number of nitrogens with one attached hydrogen (secondary N) is 1. The molecule has 1 N–H and O–H groups in total. The van der Waals surface area contributed by atoms with Crippen molar-refractivity contribution in [2.45, 2.75) is 12.8 Å². The van der Waals surface area contributed by atoms with Crippen LogP contribution in [0.15, 0.2) is 84.9 Å². The Kier molecular flexibility index (Phi) is 6.58. The Morgan fingerprint density at radius 3 is 2.18 bits per heavy atom. The number of carbonyl (C=O) groups excluding carboxylic acids is 2. The molecule has 0 bridgehead atoms. The van der Waals surface area contributed by atoms with Gasteiger partial charge in [0.2, 0.25) is 0 Å². The van der Waals surface area contributed by atoms with Crippen molar-refractivity contribution in [3.05, 3.63) is 96.1 Å². The first-order chi connectivity index (χ1) is 13.6. The summed E-state index contributed by atoms with van der Waals surface area (Å²) in [5, 5.41) is 2.82. The van der Waals surface area contributed by atoms with E-state index in [2.05, 4.69) is 5.32 Å². The van der Waals surface area contributed by atoms with Crippen molar-refractivity contribution < 1.29 is 14.3 Å². The molecule has 4 nitrogen and oxygen atoms in total. The normalized spacial score (nSPS) is 11.5. The van der Waals surface area contributed by atoms with E-state index in [0.717, 1.165) is 16.7 Å². The molecule has 0 aromatic heterocycles. The third-order valence-corrected chi connectivity index (χ3v) is 4.54. The number of hydrogen-bond acceptors (Lipinski definition) is 3. The number of amides is 1. The number of carbonyl (C=O) groups is 2. The number of esters is 1. The van der Waals surface area contributed by atoms with Gasteiger partial charge in [-0.05, 0) is 28.7 Å². The first-order valence-corrected chi connectivity index (χ1v) is 9.28. The second-order valence-corrected chi connectivity index (χ2v) is 6.60. The van der Waals surface area contributed by atoms with Gasteiger partial charge in [-0.25, -0.2) is 4.79 Å². The lowest BCUT2D eigenvalue weighted by molar-refractivity contribution is -0.124. The van der Waals surface area contributed by atoms with Crippen molar-refractivity contribution in [1.82, 2.24) is 5.32 Å². The second-order valence-electron chi connectivity index (χ2n) is 6.60. The van der Waals surface area contributed by atoms with Crippen LogP contribution in [0.25, 0.3) is 11.1 Å². The molecule has 0 aliphatic heterocycles. The molecule has 0 fully saturated rings. The quantitative estimate of drug-likeness (QED) is 0.623. The molecule has 28 heavy (non-hydrogen) atoms. The van der Waals surface area contributed by atoms with E-state index in [9.17, 15) is 9.59 Å². The third-order valence-electron chi connectivity index (χ3n) is 4.54. The van der Waals surface area contributed by atoms with Crippen molar-refractivity contribution >= 4 is 11.9 Å². The van der Waals surface area contributed by atoms with Crippen molar-refractivity contribution in [3.63, 3.8) is 0 Å². The summed E-state index contributed by atoms with van der Waals surface area (Å²) in [7, 11) is 0. The molecule has 0 unspecified atom stereocenters. The minimum atomic E-state index is -0.509. The molecule has 0 radical (unpaired) electrons. The second kappa shape index (κ2) is 9.51. The van der Waals surface area contributed by atoms with Crippen LogP contribution < -0.4 is 5.32 Å². The van der Waals surface area contributed by atoms with Gasteiger partial charge in [0.1, 0.15) is 0 Å². The van der Waals surface area contributed by atoms with E-state index >= 15 is 0 Å². The number of hydrogen-bond donors (Lipinski definition) is 1. The van der Waals surface area contributed by atoms with Crippen LogP contribution in [-0.4, -0.2) is 25.0 Å².